The molecule has 2 N–H and O–H groups in total. The quantitative estimate of drug-likeness (QED) is 0.446. The van der Waals surface area contributed by atoms with Crippen molar-refractivity contribution in [2.75, 3.05) is 44.1 Å². The average Bonchev–Trinajstić information content (AvgIpc) is 3.16. The van der Waals surface area contributed by atoms with Gasteiger partial charge in [0.1, 0.15) is 18.1 Å². The summed E-state index contributed by atoms with van der Waals surface area (Å²) in [5.74, 6) is 1.62. The van der Waals surface area contributed by atoms with E-state index in [1.165, 1.54) is 5.56 Å². The highest BCUT2D eigenvalue weighted by molar-refractivity contribution is 6.10. The normalized spacial score (nSPS) is 20.3. The first-order valence-electron chi connectivity index (χ1n) is 13.4. The Morgan fingerprint density at radius 2 is 1.79 bits per heavy atom. The minimum atomic E-state index is -0.484. The fourth-order valence-electron chi connectivity index (χ4n) is 5.99. The van der Waals surface area contributed by atoms with Gasteiger partial charge >= 0.3 is 0 Å². The summed E-state index contributed by atoms with van der Waals surface area (Å²) in [5.41, 5.74) is 10.7. The number of carbonyl (C=O) groups excluding carboxylic acids is 1. The standard InChI is InChI=1S/C31H35N3O4/c1-36-26-10-8-23(9-11-26)19-34-29-27(31(30(34)35)12-5-13-31)16-24(32)17-28(29)38-21-25-20-37-15-14-33(25)18-22-6-3-2-4-7-22/h2-4,6-11,16-17,25H,5,12-15,18-21,32H2,1H3. The van der Waals surface area contributed by atoms with Gasteiger partial charge in [-0.3, -0.25) is 9.69 Å². The summed E-state index contributed by atoms with van der Waals surface area (Å²) in [6.07, 6.45) is 2.74. The summed E-state index contributed by atoms with van der Waals surface area (Å²) in [7, 11) is 1.65. The van der Waals surface area contributed by atoms with Crippen molar-refractivity contribution in [3.8, 4) is 11.5 Å². The summed E-state index contributed by atoms with van der Waals surface area (Å²) in [6.45, 7) is 3.95. The van der Waals surface area contributed by atoms with Gasteiger partial charge < -0.3 is 24.8 Å². The topological polar surface area (TPSA) is 77.3 Å². The van der Waals surface area contributed by atoms with Gasteiger partial charge in [0.25, 0.3) is 0 Å². The smallest absolute Gasteiger partial charge is 0.238 e. The average molecular weight is 514 g/mol. The van der Waals surface area contributed by atoms with E-state index in [1.54, 1.807) is 7.11 Å². The van der Waals surface area contributed by atoms with Crippen molar-refractivity contribution in [1.82, 2.24) is 4.90 Å². The molecule has 7 nitrogen and oxygen atoms in total. The third kappa shape index (κ3) is 4.50. The molecule has 7 heteroatoms. The molecule has 0 bridgehead atoms. The van der Waals surface area contributed by atoms with Crippen molar-refractivity contribution >= 4 is 17.3 Å². The van der Waals surface area contributed by atoms with Crippen LogP contribution in [-0.4, -0.2) is 50.3 Å². The van der Waals surface area contributed by atoms with Gasteiger partial charge in [-0.2, -0.15) is 0 Å². The van der Waals surface area contributed by atoms with Gasteiger partial charge in [-0.15, -0.1) is 0 Å². The molecule has 0 aromatic heterocycles. The highest BCUT2D eigenvalue weighted by Gasteiger charge is 2.55. The highest BCUT2D eigenvalue weighted by atomic mass is 16.5. The van der Waals surface area contributed by atoms with Gasteiger partial charge in [0.15, 0.2) is 0 Å². The summed E-state index contributed by atoms with van der Waals surface area (Å²) in [5, 5.41) is 0. The van der Waals surface area contributed by atoms with Crippen LogP contribution in [0.2, 0.25) is 0 Å². The van der Waals surface area contributed by atoms with Gasteiger partial charge in [0.2, 0.25) is 5.91 Å². The molecule has 0 radical (unpaired) electrons. The maximum atomic E-state index is 13.9. The maximum Gasteiger partial charge on any atom is 0.238 e. The van der Waals surface area contributed by atoms with Crippen LogP contribution in [0.25, 0.3) is 0 Å². The number of carbonyl (C=O) groups is 1. The van der Waals surface area contributed by atoms with Crippen molar-refractivity contribution < 1.29 is 19.0 Å². The number of ether oxygens (including phenoxy) is 3. The lowest BCUT2D eigenvalue weighted by atomic mass is 9.65. The van der Waals surface area contributed by atoms with Crippen LogP contribution in [0.5, 0.6) is 11.5 Å². The van der Waals surface area contributed by atoms with E-state index in [4.69, 9.17) is 19.9 Å². The Balaban J connectivity index is 1.28. The number of amides is 1. The fourth-order valence-corrected chi connectivity index (χ4v) is 5.99. The molecule has 3 aromatic carbocycles. The summed E-state index contributed by atoms with van der Waals surface area (Å²) < 4.78 is 17.7. The number of anilines is 2. The second kappa shape index (κ2) is 10.3. The van der Waals surface area contributed by atoms with Crippen molar-refractivity contribution in [2.45, 2.75) is 43.8 Å². The Bertz CT molecular complexity index is 1290. The van der Waals surface area contributed by atoms with E-state index in [0.717, 1.165) is 54.9 Å². The largest absolute Gasteiger partial charge is 0.497 e. The van der Waals surface area contributed by atoms with Crippen LogP contribution in [0.1, 0.15) is 36.0 Å². The molecule has 1 saturated carbocycles. The molecule has 3 aromatic rings. The minimum absolute atomic E-state index is 0.103. The molecule has 3 aliphatic rings. The van der Waals surface area contributed by atoms with Crippen LogP contribution >= 0.6 is 0 Å². The second-order valence-corrected chi connectivity index (χ2v) is 10.6. The third-order valence-electron chi connectivity index (χ3n) is 8.25. The molecule has 1 spiro atoms. The van der Waals surface area contributed by atoms with Crippen LogP contribution in [-0.2, 0) is 28.0 Å². The summed E-state index contributed by atoms with van der Waals surface area (Å²) in [4.78, 5) is 18.2. The monoisotopic (exact) mass is 513 g/mol. The number of hydrogen-bond acceptors (Lipinski definition) is 6. The number of morpholine rings is 1. The molecule has 2 aliphatic heterocycles. The number of nitrogens with two attached hydrogens (primary N) is 1. The zero-order chi connectivity index (χ0) is 26.1. The lowest BCUT2D eigenvalue weighted by Crippen LogP contribution is -2.48. The maximum absolute atomic E-state index is 13.9. The number of nitrogen functional groups attached to an aromatic ring is 1. The zero-order valence-electron chi connectivity index (χ0n) is 21.9. The van der Waals surface area contributed by atoms with E-state index >= 15 is 0 Å². The fraction of sp³-hybridized carbons (Fsp3) is 0.387. The minimum Gasteiger partial charge on any atom is -0.497 e. The SMILES string of the molecule is COc1ccc(CN2C(=O)C3(CCC3)c3cc(N)cc(OCC4COCCN4Cc4ccccc4)c32)cc1. The molecule has 1 aliphatic carbocycles. The van der Waals surface area contributed by atoms with E-state index in [9.17, 15) is 4.79 Å². The van der Waals surface area contributed by atoms with Crippen molar-refractivity contribution in [2.24, 2.45) is 0 Å². The number of hydrogen-bond donors (Lipinski definition) is 1. The predicted molar refractivity (Wildman–Crippen MR) is 148 cm³/mol. The van der Waals surface area contributed by atoms with Gasteiger partial charge in [-0.05, 0) is 47.7 Å². The highest BCUT2D eigenvalue weighted by Crippen LogP contribution is 2.57. The van der Waals surface area contributed by atoms with Crippen LogP contribution in [0, 0.1) is 0 Å². The first kappa shape index (κ1) is 24.8. The Morgan fingerprint density at radius 1 is 1.03 bits per heavy atom. The molecule has 1 atom stereocenters. The van der Waals surface area contributed by atoms with Gasteiger partial charge in [-0.1, -0.05) is 48.9 Å². The number of rotatable bonds is 8. The molecule has 198 valence electrons. The Morgan fingerprint density at radius 3 is 2.50 bits per heavy atom. The zero-order valence-corrected chi connectivity index (χ0v) is 21.9. The Hall–Kier alpha value is -3.55. The molecular formula is C31H35N3O4. The van der Waals surface area contributed by atoms with E-state index < -0.39 is 5.41 Å². The molecule has 2 heterocycles. The number of benzene rings is 3. The summed E-state index contributed by atoms with van der Waals surface area (Å²) in [6, 6.07) is 22.3. The van der Waals surface area contributed by atoms with Crippen LogP contribution in [0.3, 0.4) is 0 Å². The van der Waals surface area contributed by atoms with Gasteiger partial charge in [0.05, 0.1) is 44.0 Å². The van der Waals surface area contributed by atoms with Crippen LogP contribution in [0.4, 0.5) is 11.4 Å². The summed E-state index contributed by atoms with van der Waals surface area (Å²) >= 11 is 0. The molecule has 6 rings (SSSR count). The first-order chi connectivity index (χ1) is 18.6. The van der Waals surface area contributed by atoms with E-state index in [1.807, 2.05) is 47.4 Å². The Kier molecular flexibility index (Phi) is 6.72. The molecule has 2 fully saturated rings. The molecule has 1 unspecified atom stereocenters. The van der Waals surface area contributed by atoms with Gasteiger partial charge in [-0.25, -0.2) is 0 Å². The number of nitrogens with zero attached hydrogens (tertiary/aromatic N) is 2. The first-order valence-corrected chi connectivity index (χ1v) is 13.4. The number of fused-ring (bicyclic) bond motifs is 2. The molecule has 1 amide bonds. The lowest BCUT2D eigenvalue weighted by Gasteiger charge is -2.37. The Labute approximate surface area is 224 Å². The second-order valence-electron chi connectivity index (χ2n) is 10.6. The van der Waals surface area contributed by atoms with Crippen LogP contribution in [0.15, 0.2) is 66.7 Å². The van der Waals surface area contributed by atoms with E-state index in [2.05, 4.69) is 29.2 Å². The molecule has 38 heavy (non-hydrogen) atoms. The number of methoxy groups -OCH3 is 1. The van der Waals surface area contributed by atoms with E-state index in [-0.39, 0.29) is 11.9 Å². The van der Waals surface area contributed by atoms with Crippen molar-refractivity contribution in [1.29, 1.82) is 0 Å². The molecular weight excluding hydrogens is 478 g/mol. The third-order valence-corrected chi connectivity index (χ3v) is 8.25. The predicted octanol–water partition coefficient (Wildman–Crippen LogP) is 4.53. The van der Waals surface area contributed by atoms with Crippen LogP contribution < -0.4 is 20.1 Å². The van der Waals surface area contributed by atoms with E-state index in [0.29, 0.717) is 37.8 Å². The van der Waals surface area contributed by atoms with Gasteiger partial charge in [0, 0.05) is 24.8 Å². The van der Waals surface area contributed by atoms with Crippen molar-refractivity contribution in [3.63, 3.8) is 0 Å². The molecule has 1 saturated heterocycles. The van der Waals surface area contributed by atoms with Crippen molar-refractivity contribution in [3.05, 3.63) is 83.4 Å². The lowest BCUT2D eigenvalue weighted by molar-refractivity contribution is -0.126.